The van der Waals surface area contributed by atoms with Gasteiger partial charge in [-0.2, -0.15) is 0 Å². The van der Waals surface area contributed by atoms with Gasteiger partial charge in [-0.15, -0.1) is 0 Å². The van der Waals surface area contributed by atoms with Gasteiger partial charge in [-0.3, -0.25) is 0 Å². The average Bonchev–Trinajstić information content (AvgIpc) is 2.45. The van der Waals surface area contributed by atoms with E-state index in [4.69, 9.17) is 0 Å². The first kappa shape index (κ1) is 19.0. The van der Waals surface area contributed by atoms with Crippen molar-refractivity contribution in [3.05, 3.63) is 0 Å². The molecule has 1 atom stereocenters. The molecule has 0 aromatic carbocycles. The summed E-state index contributed by atoms with van der Waals surface area (Å²) >= 11 is 0. The summed E-state index contributed by atoms with van der Waals surface area (Å²) in [7, 11) is 2.34. The Labute approximate surface area is 134 Å². The SMILES string of the molecule is CCCNC(CCN(C)C1CCC(CC)CC1)C(C)(C)C. The highest BCUT2D eigenvalue weighted by molar-refractivity contribution is 4.83. The van der Waals surface area contributed by atoms with E-state index in [-0.39, 0.29) is 0 Å². The van der Waals surface area contributed by atoms with Gasteiger partial charge in [0.15, 0.2) is 0 Å². The molecule has 2 heteroatoms. The Morgan fingerprint density at radius 2 is 1.71 bits per heavy atom. The fourth-order valence-electron chi connectivity index (χ4n) is 3.67. The molecule has 0 bridgehead atoms. The summed E-state index contributed by atoms with van der Waals surface area (Å²) in [6.07, 6.45) is 9.60. The van der Waals surface area contributed by atoms with Gasteiger partial charge < -0.3 is 10.2 Å². The first-order chi connectivity index (χ1) is 9.88. The maximum absolute atomic E-state index is 3.76. The van der Waals surface area contributed by atoms with Crippen LogP contribution in [0.2, 0.25) is 0 Å². The van der Waals surface area contributed by atoms with Crippen LogP contribution < -0.4 is 5.32 Å². The van der Waals surface area contributed by atoms with Crippen LogP contribution in [0.5, 0.6) is 0 Å². The summed E-state index contributed by atoms with van der Waals surface area (Å²) in [5.74, 6) is 1.00. The molecule has 0 amide bonds. The first-order valence-corrected chi connectivity index (χ1v) is 9.32. The van der Waals surface area contributed by atoms with Gasteiger partial charge in [-0.25, -0.2) is 0 Å². The zero-order chi connectivity index (χ0) is 15.9. The highest BCUT2D eigenvalue weighted by atomic mass is 15.1. The van der Waals surface area contributed by atoms with Crippen LogP contribution in [-0.4, -0.2) is 37.1 Å². The molecule has 0 spiro atoms. The fourth-order valence-corrected chi connectivity index (χ4v) is 3.67. The van der Waals surface area contributed by atoms with E-state index in [1.54, 1.807) is 0 Å². The lowest BCUT2D eigenvalue weighted by molar-refractivity contribution is 0.145. The second-order valence-corrected chi connectivity index (χ2v) is 8.22. The summed E-state index contributed by atoms with van der Waals surface area (Å²) in [4.78, 5) is 2.64. The van der Waals surface area contributed by atoms with Crippen molar-refractivity contribution >= 4 is 0 Å². The normalized spacial score (nSPS) is 25.3. The van der Waals surface area contributed by atoms with Crippen molar-refractivity contribution in [2.75, 3.05) is 20.1 Å². The maximum Gasteiger partial charge on any atom is 0.0128 e. The third kappa shape index (κ3) is 6.69. The molecule has 0 radical (unpaired) electrons. The molecule has 126 valence electrons. The molecule has 1 saturated carbocycles. The largest absolute Gasteiger partial charge is 0.313 e. The second kappa shape index (κ2) is 9.15. The summed E-state index contributed by atoms with van der Waals surface area (Å²) in [5, 5.41) is 3.76. The molecule has 1 fully saturated rings. The third-order valence-corrected chi connectivity index (χ3v) is 5.47. The minimum Gasteiger partial charge on any atom is -0.313 e. The van der Waals surface area contributed by atoms with E-state index in [0.717, 1.165) is 18.5 Å². The quantitative estimate of drug-likeness (QED) is 0.699. The van der Waals surface area contributed by atoms with Crippen molar-refractivity contribution in [1.82, 2.24) is 10.2 Å². The van der Waals surface area contributed by atoms with Crippen LogP contribution >= 0.6 is 0 Å². The van der Waals surface area contributed by atoms with E-state index in [1.165, 1.54) is 51.5 Å². The Bertz CT molecular complexity index is 261. The molecule has 2 nitrogen and oxygen atoms in total. The van der Waals surface area contributed by atoms with Crippen molar-refractivity contribution in [1.29, 1.82) is 0 Å². The molecule has 0 aromatic rings. The van der Waals surface area contributed by atoms with E-state index in [9.17, 15) is 0 Å². The Hall–Kier alpha value is -0.0800. The average molecular weight is 297 g/mol. The van der Waals surface area contributed by atoms with Crippen LogP contribution in [0.15, 0.2) is 0 Å². The molecule has 1 rings (SSSR count). The number of hydrogen-bond donors (Lipinski definition) is 1. The number of nitrogens with one attached hydrogen (secondary N) is 1. The molecule has 0 heterocycles. The van der Waals surface area contributed by atoms with Gasteiger partial charge in [0.05, 0.1) is 0 Å². The van der Waals surface area contributed by atoms with Crippen LogP contribution in [0.3, 0.4) is 0 Å². The fraction of sp³-hybridized carbons (Fsp3) is 1.00. The van der Waals surface area contributed by atoms with Gasteiger partial charge >= 0.3 is 0 Å². The molecule has 0 saturated heterocycles. The Balaban J connectivity index is 2.37. The lowest BCUT2D eigenvalue weighted by atomic mass is 9.83. The van der Waals surface area contributed by atoms with Crippen molar-refractivity contribution in [2.24, 2.45) is 11.3 Å². The lowest BCUT2D eigenvalue weighted by Crippen LogP contribution is -2.44. The topological polar surface area (TPSA) is 15.3 Å². The van der Waals surface area contributed by atoms with Crippen molar-refractivity contribution in [3.63, 3.8) is 0 Å². The van der Waals surface area contributed by atoms with E-state index in [0.29, 0.717) is 11.5 Å². The predicted molar refractivity (Wildman–Crippen MR) is 94.8 cm³/mol. The second-order valence-electron chi connectivity index (χ2n) is 8.22. The molecule has 21 heavy (non-hydrogen) atoms. The maximum atomic E-state index is 3.76. The van der Waals surface area contributed by atoms with Crippen LogP contribution in [0.4, 0.5) is 0 Å². The van der Waals surface area contributed by atoms with Crippen molar-refractivity contribution in [2.45, 2.75) is 91.6 Å². The lowest BCUT2D eigenvalue weighted by Gasteiger charge is -2.37. The van der Waals surface area contributed by atoms with E-state index in [2.05, 4.69) is 51.9 Å². The minimum absolute atomic E-state index is 0.357. The summed E-state index contributed by atoms with van der Waals surface area (Å²) in [6, 6.07) is 1.46. The Kier molecular flexibility index (Phi) is 8.26. The molecule has 1 unspecified atom stereocenters. The zero-order valence-electron chi connectivity index (χ0n) is 15.5. The van der Waals surface area contributed by atoms with Crippen LogP contribution in [0.1, 0.15) is 79.6 Å². The van der Waals surface area contributed by atoms with Gasteiger partial charge in [0.2, 0.25) is 0 Å². The number of nitrogens with zero attached hydrogens (tertiary/aromatic N) is 1. The molecular weight excluding hydrogens is 256 g/mol. The van der Waals surface area contributed by atoms with Gasteiger partial charge in [-0.05, 0) is 70.0 Å². The molecule has 0 aliphatic heterocycles. The summed E-state index contributed by atoms with van der Waals surface area (Å²) < 4.78 is 0. The smallest absolute Gasteiger partial charge is 0.0128 e. The summed E-state index contributed by atoms with van der Waals surface area (Å²) in [5.41, 5.74) is 0.357. The molecule has 1 aliphatic carbocycles. The van der Waals surface area contributed by atoms with E-state index >= 15 is 0 Å². The monoisotopic (exact) mass is 296 g/mol. The zero-order valence-corrected chi connectivity index (χ0v) is 15.5. The van der Waals surface area contributed by atoms with E-state index in [1.807, 2.05) is 0 Å². The van der Waals surface area contributed by atoms with E-state index < -0.39 is 0 Å². The molecule has 1 aliphatic rings. The van der Waals surface area contributed by atoms with Gasteiger partial charge in [0.1, 0.15) is 0 Å². The number of hydrogen-bond acceptors (Lipinski definition) is 2. The Morgan fingerprint density at radius 1 is 1.10 bits per heavy atom. The van der Waals surface area contributed by atoms with Crippen LogP contribution in [0, 0.1) is 11.3 Å². The molecule has 1 N–H and O–H groups in total. The van der Waals surface area contributed by atoms with Gasteiger partial charge in [0, 0.05) is 12.1 Å². The summed E-state index contributed by atoms with van der Waals surface area (Å²) in [6.45, 7) is 14.1. The first-order valence-electron chi connectivity index (χ1n) is 9.32. The highest BCUT2D eigenvalue weighted by Crippen LogP contribution is 2.29. The Morgan fingerprint density at radius 3 is 2.19 bits per heavy atom. The number of rotatable bonds is 8. The van der Waals surface area contributed by atoms with Crippen molar-refractivity contribution < 1.29 is 0 Å². The van der Waals surface area contributed by atoms with Gasteiger partial charge in [0.25, 0.3) is 0 Å². The van der Waals surface area contributed by atoms with Crippen LogP contribution in [-0.2, 0) is 0 Å². The molecule has 0 aromatic heterocycles. The minimum atomic E-state index is 0.357. The highest BCUT2D eigenvalue weighted by Gasteiger charge is 2.26. The van der Waals surface area contributed by atoms with Crippen LogP contribution in [0.25, 0.3) is 0 Å². The third-order valence-electron chi connectivity index (χ3n) is 5.47. The predicted octanol–water partition coefficient (Wildman–Crippen LogP) is 4.69. The molecular formula is C19H40N2. The van der Waals surface area contributed by atoms with Crippen molar-refractivity contribution in [3.8, 4) is 0 Å². The van der Waals surface area contributed by atoms with Gasteiger partial charge in [-0.1, -0.05) is 41.0 Å². The standard InChI is InChI=1S/C19H40N2/c1-7-14-20-18(19(3,4)5)13-15-21(6)17-11-9-16(8-2)10-12-17/h16-18,20H,7-15H2,1-6H3.